The summed E-state index contributed by atoms with van der Waals surface area (Å²) in [5.41, 5.74) is 5.93. The number of allylic oxidation sites excluding steroid dienone is 1. The van der Waals surface area contributed by atoms with Crippen LogP contribution < -0.4 is 19.7 Å². The molecule has 2 amide bonds. The summed E-state index contributed by atoms with van der Waals surface area (Å²) in [6.07, 6.45) is 2.70. The molecule has 2 aliphatic heterocycles. The van der Waals surface area contributed by atoms with Gasteiger partial charge in [0, 0.05) is 57.4 Å². The van der Waals surface area contributed by atoms with Crippen molar-refractivity contribution < 1.29 is 28.6 Å². The zero-order valence-electron chi connectivity index (χ0n) is 32.3. The molecule has 2 fully saturated rings. The number of carbonyl (C=O) groups is 2. The molecule has 4 aromatic rings. The number of nitrogens with zero attached hydrogens (tertiary/aromatic N) is 5. The number of aromatic amines is 1. The summed E-state index contributed by atoms with van der Waals surface area (Å²) in [5.74, 6) is 3.56. The van der Waals surface area contributed by atoms with Crippen LogP contribution in [0.3, 0.4) is 0 Å². The van der Waals surface area contributed by atoms with Gasteiger partial charge in [-0.05, 0) is 69.1 Å². The lowest BCUT2D eigenvalue weighted by atomic mass is 9.98. The van der Waals surface area contributed by atoms with E-state index in [9.17, 15) is 14.4 Å². The summed E-state index contributed by atoms with van der Waals surface area (Å²) >= 11 is 0. The van der Waals surface area contributed by atoms with Crippen molar-refractivity contribution in [2.45, 2.75) is 32.7 Å². The number of likely N-dealkylation sites (N-methyl/N-ethyl adjacent to an activating group) is 1. The van der Waals surface area contributed by atoms with Crippen LogP contribution in [-0.2, 0) is 20.9 Å². The predicted octanol–water partition coefficient (Wildman–Crippen LogP) is 6.00. The lowest BCUT2D eigenvalue weighted by Crippen LogP contribution is -2.44. The number of aryl methyl sites for hydroxylation is 1. The van der Waals surface area contributed by atoms with Crippen molar-refractivity contribution in [2.75, 3.05) is 90.5 Å². The molecule has 6 rings (SSSR count). The summed E-state index contributed by atoms with van der Waals surface area (Å²) in [6, 6.07) is 15.1. The number of amides is 2. The van der Waals surface area contributed by atoms with Gasteiger partial charge in [0.25, 0.3) is 5.91 Å². The largest absolute Gasteiger partial charge is 0.494 e. The quantitative estimate of drug-likeness (QED) is 0.0836. The van der Waals surface area contributed by atoms with Crippen molar-refractivity contribution in [3.63, 3.8) is 0 Å². The van der Waals surface area contributed by atoms with E-state index in [2.05, 4.69) is 38.0 Å². The number of anilines is 2. The second kappa shape index (κ2) is 21.8. The van der Waals surface area contributed by atoms with Crippen molar-refractivity contribution in [3.05, 3.63) is 71.2 Å². The number of rotatable bonds is 15. The molecule has 56 heavy (non-hydrogen) atoms. The maximum absolute atomic E-state index is 14.2. The normalized spacial score (nSPS) is 14.4. The van der Waals surface area contributed by atoms with E-state index in [1.165, 1.54) is 12.0 Å². The minimum Gasteiger partial charge on any atom is -0.494 e. The minimum atomic E-state index is -0.355. The van der Waals surface area contributed by atoms with Gasteiger partial charge in [0.2, 0.25) is 6.41 Å². The predicted molar refractivity (Wildman–Crippen MR) is 227 cm³/mol. The Balaban J connectivity index is 0.00000280. The minimum absolute atomic E-state index is 0. The highest BCUT2D eigenvalue weighted by atomic mass is 35.5. The van der Waals surface area contributed by atoms with Crippen LogP contribution in [0, 0.1) is 6.92 Å². The first-order valence-corrected chi connectivity index (χ1v) is 18.2. The summed E-state index contributed by atoms with van der Waals surface area (Å²) in [5, 5.41) is 2.75. The number of aromatic nitrogens is 2. The maximum atomic E-state index is 14.2. The van der Waals surface area contributed by atoms with Crippen molar-refractivity contribution in [1.29, 1.82) is 0 Å². The van der Waals surface area contributed by atoms with Crippen LogP contribution in [0.25, 0.3) is 22.2 Å². The van der Waals surface area contributed by atoms with Gasteiger partial charge in [0.1, 0.15) is 17.5 Å². The van der Waals surface area contributed by atoms with Crippen LogP contribution in [0.2, 0.25) is 0 Å². The number of imidazole rings is 1. The van der Waals surface area contributed by atoms with E-state index < -0.39 is 0 Å². The molecule has 2 saturated heterocycles. The molecule has 0 atom stereocenters. The number of hydrogen-bond acceptors (Lipinski definition) is 10. The smallest absolute Gasteiger partial charge is 0.260 e. The fourth-order valence-corrected chi connectivity index (χ4v) is 6.96. The van der Waals surface area contributed by atoms with Gasteiger partial charge >= 0.3 is 0 Å². The van der Waals surface area contributed by atoms with Crippen LogP contribution in [0.5, 0.6) is 11.5 Å². The molecule has 0 saturated carbocycles. The molecular formula is C40H52Cl3N7O6. The number of carbonyl (C=O) groups excluding carboxylic acids is 3. The number of ether oxygens (including phenoxy) is 3. The van der Waals surface area contributed by atoms with E-state index in [1.807, 2.05) is 49.4 Å². The number of hydrogen-bond donors (Lipinski definition) is 2. The molecule has 1 aromatic heterocycles. The first-order valence-electron chi connectivity index (χ1n) is 18.2. The van der Waals surface area contributed by atoms with Crippen LogP contribution in [0.1, 0.15) is 41.0 Å². The highest BCUT2D eigenvalue weighted by Gasteiger charge is 2.26. The van der Waals surface area contributed by atoms with Crippen molar-refractivity contribution in [2.24, 2.45) is 0 Å². The Morgan fingerprint density at radius 1 is 1.02 bits per heavy atom. The van der Waals surface area contributed by atoms with E-state index in [1.54, 1.807) is 13.1 Å². The number of H-pyrrole nitrogens is 1. The molecule has 0 unspecified atom stereocenters. The van der Waals surface area contributed by atoms with Gasteiger partial charge < -0.3 is 39.2 Å². The molecule has 0 bridgehead atoms. The number of unbranched alkanes of at least 4 members (excludes halogenated alkanes) is 1. The third kappa shape index (κ3) is 10.7. The highest BCUT2D eigenvalue weighted by Crippen LogP contribution is 2.42. The van der Waals surface area contributed by atoms with E-state index >= 15 is 0 Å². The van der Waals surface area contributed by atoms with E-state index in [0.717, 1.165) is 85.8 Å². The number of fused-ring (bicyclic) bond motifs is 1. The van der Waals surface area contributed by atoms with Crippen molar-refractivity contribution >= 4 is 77.9 Å². The van der Waals surface area contributed by atoms with Crippen molar-refractivity contribution in [3.8, 4) is 22.6 Å². The molecule has 13 nitrogen and oxygen atoms in total. The Morgan fingerprint density at radius 2 is 1.77 bits per heavy atom. The van der Waals surface area contributed by atoms with Crippen LogP contribution >= 0.6 is 37.2 Å². The fraction of sp³-hybridized carbons (Fsp3) is 0.425. The number of para-hydroxylation sites is 1. The first kappa shape index (κ1) is 46.1. The molecule has 0 aliphatic carbocycles. The monoisotopic (exact) mass is 831 g/mol. The van der Waals surface area contributed by atoms with Gasteiger partial charge in [-0.15, -0.1) is 37.2 Å². The highest BCUT2D eigenvalue weighted by molar-refractivity contribution is 6.13. The molecule has 2 aliphatic rings. The molecule has 304 valence electrons. The number of benzene rings is 3. The van der Waals surface area contributed by atoms with E-state index in [4.69, 9.17) is 19.2 Å². The number of methoxy groups -OCH3 is 1. The standard InChI is InChI=1S/C40H49N7O6.3ClH/c1-28-11-14-34(35(24-28)53-21-6-5-8-29(26-48)47-17-15-44(2)16-18-47)45(3)40(50)32-13-12-31(39(51-4)38(32)41-27-49)30-9-7-10-33-37(30)43-36(42-33)25-46-19-22-52-23-20-46;;;/h7,9-14,24,27H,5-6,8,15-23,25H2,1-4H3,(H,41,49)(H,42,43);3*1H. The van der Waals surface area contributed by atoms with Crippen LogP contribution in [-0.4, -0.2) is 123 Å². The molecule has 3 heterocycles. The number of halogens is 3. The van der Waals surface area contributed by atoms with Gasteiger partial charge in [0.15, 0.2) is 5.75 Å². The molecular weight excluding hydrogens is 781 g/mol. The Bertz CT molecular complexity index is 1980. The Morgan fingerprint density at radius 3 is 2.46 bits per heavy atom. The molecule has 0 radical (unpaired) electrons. The average Bonchev–Trinajstić information content (AvgIpc) is 3.59. The summed E-state index contributed by atoms with van der Waals surface area (Å²) in [7, 11) is 5.29. The van der Waals surface area contributed by atoms with Crippen molar-refractivity contribution in [1.82, 2.24) is 24.7 Å². The van der Waals surface area contributed by atoms with Gasteiger partial charge in [-0.2, -0.15) is 0 Å². The Labute approximate surface area is 346 Å². The Kier molecular flexibility index (Phi) is 18.0. The Hall–Kier alpha value is -4.33. The second-order valence-corrected chi connectivity index (χ2v) is 13.6. The van der Waals surface area contributed by atoms with Crippen LogP contribution in [0.15, 0.2) is 54.2 Å². The van der Waals surface area contributed by atoms with Gasteiger partial charge in [-0.1, -0.05) is 18.2 Å². The van der Waals surface area contributed by atoms with Gasteiger partial charge in [-0.3, -0.25) is 14.5 Å². The summed E-state index contributed by atoms with van der Waals surface area (Å²) in [6.45, 7) is 9.68. The van der Waals surface area contributed by atoms with Crippen LogP contribution in [0.4, 0.5) is 11.4 Å². The summed E-state index contributed by atoms with van der Waals surface area (Å²) in [4.78, 5) is 54.5. The molecule has 16 heteroatoms. The fourth-order valence-electron chi connectivity index (χ4n) is 6.96. The van der Waals surface area contributed by atoms with E-state index in [-0.39, 0.29) is 54.4 Å². The molecule has 2 N–H and O–H groups in total. The zero-order valence-corrected chi connectivity index (χ0v) is 34.7. The zero-order chi connectivity index (χ0) is 37.3. The van der Waals surface area contributed by atoms with E-state index in [0.29, 0.717) is 61.9 Å². The topological polar surface area (TPSA) is 133 Å². The maximum Gasteiger partial charge on any atom is 0.260 e. The average molecular weight is 833 g/mol. The SMILES string of the molecule is COc1c(-c2cccc3[nH]c(CN4CCOCC4)nc23)ccc(C(=O)N(C)c2ccc(C)cc2OCCCCC(=C=O)N2CCN(C)CC2)c1NC=O.Cl.Cl.Cl. The molecule has 0 spiro atoms. The third-order valence-corrected chi connectivity index (χ3v) is 9.97. The lowest BCUT2D eigenvalue weighted by molar-refractivity contribution is -0.105. The number of morpholine rings is 1. The van der Waals surface area contributed by atoms with Gasteiger partial charge in [-0.25, -0.2) is 9.78 Å². The number of piperazine rings is 1. The summed E-state index contributed by atoms with van der Waals surface area (Å²) < 4.78 is 17.7. The third-order valence-electron chi connectivity index (χ3n) is 9.97. The first-order chi connectivity index (χ1) is 25.8. The van der Waals surface area contributed by atoms with Gasteiger partial charge in [0.05, 0.1) is 67.1 Å². The second-order valence-electron chi connectivity index (χ2n) is 13.6. The number of nitrogens with one attached hydrogen (secondary N) is 2. The lowest BCUT2D eigenvalue weighted by Gasteiger charge is -2.34. The molecule has 3 aromatic carbocycles.